The molecule has 1 amide bonds. The van der Waals surface area contributed by atoms with Crippen LogP contribution in [0, 0.1) is 0 Å². The van der Waals surface area contributed by atoms with Crippen molar-refractivity contribution in [3.05, 3.63) is 59.9 Å². The van der Waals surface area contributed by atoms with Gasteiger partial charge in [-0.05, 0) is 42.0 Å². The molecule has 1 aliphatic heterocycles. The number of methoxy groups -OCH3 is 1. The highest BCUT2D eigenvalue weighted by atomic mass is 16.5. The molecule has 1 aromatic heterocycles. The second-order valence-electron chi connectivity index (χ2n) is 4.70. The number of carbonyl (C=O) groups excluding carboxylic acids is 1. The van der Waals surface area contributed by atoms with Crippen molar-refractivity contribution in [2.45, 2.75) is 6.42 Å². The highest BCUT2D eigenvalue weighted by Crippen LogP contribution is 2.18. The topological polar surface area (TPSA) is 54.8 Å². The summed E-state index contributed by atoms with van der Waals surface area (Å²) in [5.74, 6) is 0.687. The van der Waals surface area contributed by atoms with Crippen molar-refractivity contribution in [3.63, 3.8) is 0 Å². The van der Waals surface area contributed by atoms with Crippen LogP contribution in [-0.2, 0) is 0 Å². The first kappa shape index (κ1) is 13.3. The van der Waals surface area contributed by atoms with Gasteiger partial charge in [0.2, 0.25) is 0 Å². The minimum Gasteiger partial charge on any atom is -0.497 e. The molecule has 5 nitrogen and oxygen atoms in total. The lowest BCUT2D eigenvalue weighted by atomic mass is 10.1. The molecule has 2 heterocycles. The van der Waals surface area contributed by atoms with Crippen molar-refractivity contribution in [2.75, 3.05) is 13.7 Å². The maximum Gasteiger partial charge on any atom is 0.275 e. The van der Waals surface area contributed by atoms with Gasteiger partial charge in [0.25, 0.3) is 5.91 Å². The standard InChI is InChI=1S/C16H15N3O2/c1-21-14-6-4-12(5-7-14)15-8-10-19(18-15)16(20)13-3-2-9-17-11-13/h2-7,9,11H,8,10H2,1H3. The molecule has 1 aromatic carbocycles. The Labute approximate surface area is 122 Å². The number of aromatic nitrogens is 1. The number of hydrogen-bond acceptors (Lipinski definition) is 4. The molecule has 0 spiro atoms. The smallest absolute Gasteiger partial charge is 0.275 e. The quantitative estimate of drug-likeness (QED) is 0.867. The predicted molar refractivity (Wildman–Crippen MR) is 79.4 cm³/mol. The summed E-state index contributed by atoms with van der Waals surface area (Å²) in [5, 5.41) is 5.92. The molecular weight excluding hydrogens is 266 g/mol. The van der Waals surface area contributed by atoms with Gasteiger partial charge in [-0.1, -0.05) is 0 Å². The van der Waals surface area contributed by atoms with Crippen LogP contribution in [0.25, 0.3) is 0 Å². The van der Waals surface area contributed by atoms with E-state index in [0.717, 1.165) is 23.4 Å². The van der Waals surface area contributed by atoms with E-state index in [9.17, 15) is 4.79 Å². The first-order valence-corrected chi connectivity index (χ1v) is 6.72. The minimum atomic E-state index is -0.119. The zero-order chi connectivity index (χ0) is 14.7. The van der Waals surface area contributed by atoms with Crippen LogP contribution in [0.4, 0.5) is 0 Å². The van der Waals surface area contributed by atoms with Gasteiger partial charge in [0, 0.05) is 18.8 Å². The summed E-state index contributed by atoms with van der Waals surface area (Å²) in [4.78, 5) is 16.2. The monoisotopic (exact) mass is 281 g/mol. The molecule has 0 radical (unpaired) electrons. The fourth-order valence-electron chi connectivity index (χ4n) is 2.23. The van der Waals surface area contributed by atoms with E-state index in [0.29, 0.717) is 12.1 Å². The minimum absolute atomic E-state index is 0.119. The largest absolute Gasteiger partial charge is 0.497 e. The Kier molecular flexibility index (Phi) is 3.64. The molecule has 0 atom stereocenters. The first-order valence-electron chi connectivity index (χ1n) is 6.72. The lowest BCUT2D eigenvalue weighted by molar-refractivity contribution is 0.0778. The van der Waals surface area contributed by atoms with Crippen molar-refractivity contribution in [2.24, 2.45) is 5.10 Å². The predicted octanol–water partition coefficient (Wildman–Crippen LogP) is 2.34. The summed E-state index contributed by atoms with van der Waals surface area (Å²) in [6, 6.07) is 11.2. The van der Waals surface area contributed by atoms with Crippen LogP contribution < -0.4 is 4.74 Å². The number of ether oxygens (including phenoxy) is 1. The van der Waals surface area contributed by atoms with E-state index in [2.05, 4.69) is 10.1 Å². The second kappa shape index (κ2) is 5.75. The third-order valence-electron chi connectivity index (χ3n) is 3.37. The van der Waals surface area contributed by atoms with Gasteiger partial charge in [-0.15, -0.1) is 0 Å². The summed E-state index contributed by atoms with van der Waals surface area (Å²) in [6.45, 7) is 0.592. The molecule has 2 aromatic rings. The Morgan fingerprint density at radius 1 is 1.24 bits per heavy atom. The number of hydrogen-bond donors (Lipinski definition) is 0. The average Bonchev–Trinajstić information content (AvgIpc) is 3.05. The van der Waals surface area contributed by atoms with E-state index in [1.165, 1.54) is 5.01 Å². The van der Waals surface area contributed by atoms with Gasteiger partial charge >= 0.3 is 0 Å². The fraction of sp³-hybridized carbons (Fsp3) is 0.188. The SMILES string of the molecule is COc1ccc(C2=NN(C(=O)c3cccnc3)CC2)cc1. The van der Waals surface area contributed by atoms with E-state index >= 15 is 0 Å². The van der Waals surface area contributed by atoms with Crippen LogP contribution in [0.3, 0.4) is 0 Å². The lowest BCUT2D eigenvalue weighted by Gasteiger charge is -2.10. The van der Waals surface area contributed by atoms with Crippen molar-refractivity contribution in [1.29, 1.82) is 0 Å². The summed E-state index contributed by atoms with van der Waals surface area (Å²) in [7, 11) is 1.64. The lowest BCUT2D eigenvalue weighted by Crippen LogP contribution is -2.23. The van der Waals surface area contributed by atoms with Gasteiger partial charge < -0.3 is 4.74 Å². The Morgan fingerprint density at radius 2 is 2.05 bits per heavy atom. The molecular formula is C16H15N3O2. The third-order valence-corrected chi connectivity index (χ3v) is 3.37. The molecule has 21 heavy (non-hydrogen) atoms. The highest BCUT2D eigenvalue weighted by molar-refractivity contribution is 6.04. The Hall–Kier alpha value is -2.69. The number of pyridine rings is 1. The molecule has 0 saturated carbocycles. The van der Waals surface area contributed by atoms with Crippen LogP contribution in [0.1, 0.15) is 22.3 Å². The van der Waals surface area contributed by atoms with Crippen LogP contribution in [0.5, 0.6) is 5.75 Å². The van der Waals surface area contributed by atoms with Crippen LogP contribution in [-0.4, -0.2) is 35.3 Å². The van der Waals surface area contributed by atoms with Crippen LogP contribution >= 0.6 is 0 Å². The Morgan fingerprint density at radius 3 is 2.71 bits per heavy atom. The fourth-order valence-corrected chi connectivity index (χ4v) is 2.23. The molecule has 3 rings (SSSR count). The molecule has 0 N–H and O–H groups in total. The number of hydrazone groups is 1. The highest BCUT2D eigenvalue weighted by Gasteiger charge is 2.22. The van der Waals surface area contributed by atoms with E-state index in [1.807, 2.05) is 24.3 Å². The van der Waals surface area contributed by atoms with Crippen LogP contribution in [0.2, 0.25) is 0 Å². The molecule has 0 aliphatic carbocycles. The summed E-state index contributed by atoms with van der Waals surface area (Å²) in [5.41, 5.74) is 2.48. The van der Waals surface area contributed by atoms with Gasteiger partial charge in [0.05, 0.1) is 24.9 Å². The van der Waals surface area contributed by atoms with Gasteiger partial charge in [0.1, 0.15) is 5.75 Å². The summed E-state index contributed by atoms with van der Waals surface area (Å²) < 4.78 is 5.14. The van der Waals surface area contributed by atoms with E-state index in [1.54, 1.807) is 31.6 Å². The van der Waals surface area contributed by atoms with Gasteiger partial charge in [-0.3, -0.25) is 9.78 Å². The molecule has 0 bridgehead atoms. The number of benzene rings is 1. The van der Waals surface area contributed by atoms with Gasteiger partial charge in [-0.25, -0.2) is 5.01 Å². The van der Waals surface area contributed by atoms with E-state index in [4.69, 9.17) is 4.74 Å². The van der Waals surface area contributed by atoms with Gasteiger partial charge in [0.15, 0.2) is 0 Å². The number of carbonyl (C=O) groups is 1. The zero-order valence-electron chi connectivity index (χ0n) is 11.7. The molecule has 0 unspecified atom stereocenters. The molecule has 5 heteroatoms. The van der Waals surface area contributed by atoms with Crippen molar-refractivity contribution >= 4 is 11.6 Å². The molecule has 0 saturated heterocycles. The number of rotatable bonds is 3. The zero-order valence-corrected chi connectivity index (χ0v) is 11.7. The summed E-state index contributed by atoms with van der Waals surface area (Å²) >= 11 is 0. The maximum atomic E-state index is 12.3. The van der Waals surface area contributed by atoms with Crippen LogP contribution in [0.15, 0.2) is 53.9 Å². The number of amides is 1. The van der Waals surface area contributed by atoms with Crippen molar-refractivity contribution < 1.29 is 9.53 Å². The second-order valence-corrected chi connectivity index (χ2v) is 4.70. The van der Waals surface area contributed by atoms with Crippen molar-refractivity contribution in [1.82, 2.24) is 9.99 Å². The van der Waals surface area contributed by atoms with E-state index in [-0.39, 0.29) is 5.91 Å². The Balaban J connectivity index is 1.79. The molecule has 1 aliphatic rings. The molecule has 106 valence electrons. The average molecular weight is 281 g/mol. The van der Waals surface area contributed by atoms with Gasteiger partial charge in [-0.2, -0.15) is 5.10 Å². The normalized spacial score (nSPS) is 14.0. The summed E-state index contributed by atoms with van der Waals surface area (Å²) in [6.07, 6.45) is 3.95. The van der Waals surface area contributed by atoms with Crippen molar-refractivity contribution in [3.8, 4) is 5.75 Å². The Bertz CT molecular complexity index is 666. The first-order chi connectivity index (χ1) is 10.3. The molecule has 0 fully saturated rings. The maximum absolute atomic E-state index is 12.3. The van der Waals surface area contributed by atoms with E-state index < -0.39 is 0 Å². The third kappa shape index (κ3) is 2.76. The number of nitrogens with zero attached hydrogens (tertiary/aromatic N) is 3.